The van der Waals surface area contributed by atoms with Gasteiger partial charge in [0.2, 0.25) is 0 Å². The highest BCUT2D eigenvalue weighted by atomic mass is 19.1. The first kappa shape index (κ1) is 22.3. The standard InChI is InChI=1S/C24H25F2N3O2/c1-5-21(18-9-11-19(25)12-10-18)29(14-17-7-6-8-20(26)13-17)24(31)23(30)22-15(2)27-28(4)16(22)3/h6-13,21H,5,14H2,1-4H3. The van der Waals surface area contributed by atoms with Crippen molar-refractivity contribution in [1.29, 1.82) is 0 Å². The minimum absolute atomic E-state index is 0.0383. The topological polar surface area (TPSA) is 55.2 Å². The highest BCUT2D eigenvalue weighted by molar-refractivity contribution is 6.43. The summed E-state index contributed by atoms with van der Waals surface area (Å²) in [6, 6.07) is 11.3. The molecule has 1 unspecified atom stereocenters. The third-order valence-electron chi connectivity index (χ3n) is 5.45. The van der Waals surface area contributed by atoms with Gasteiger partial charge in [0.15, 0.2) is 0 Å². The summed E-state index contributed by atoms with van der Waals surface area (Å²) in [6.07, 6.45) is 0.491. The molecule has 1 amide bonds. The van der Waals surface area contributed by atoms with Gasteiger partial charge in [-0.15, -0.1) is 0 Å². The van der Waals surface area contributed by atoms with Gasteiger partial charge >= 0.3 is 0 Å². The van der Waals surface area contributed by atoms with E-state index in [0.29, 0.717) is 28.9 Å². The van der Waals surface area contributed by atoms with Crippen LogP contribution in [0.3, 0.4) is 0 Å². The first-order valence-electron chi connectivity index (χ1n) is 10.1. The maximum atomic E-state index is 13.8. The Bertz CT molecular complexity index is 1110. The number of carbonyl (C=O) groups is 2. The van der Waals surface area contributed by atoms with Gasteiger partial charge in [-0.05, 0) is 55.7 Å². The van der Waals surface area contributed by atoms with Crippen LogP contribution in [0.1, 0.15) is 52.3 Å². The second-order valence-corrected chi connectivity index (χ2v) is 7.54. The Kier molecular flexibility index (Phi) is 6.63. The minimum Gasteiger partial charge on any atom is -0.324 e. The van der Waals surface area contributed by atoms with Crippen LogP contribution < -0.4 is 0 Å². The summed E-state index contributed by atoms with van der Waals surface area (Å²) in [5.41, 5.74) is 2.59. The lowest BCUT2D eigenvalue weighted by Gasteiger charge is -2.31. The van der Waals surface area contributed by atoms with Crippen molar-refractivity contribution in [3.05, 3.63) is 88.2 Å². The van der Waals surface area contributed by atoms with Gasteiger partial charge in [-0.3, -0.25) is 14.3 Å². The van der Waals surface area contributed by atoms with Gasteiger partial charge < -0.3 is 4.90 Å². The van der Waals surface area contributed by atoms with Crippen molar-refractivity contribution in [1.82, 2.24) is 14.7 Å². The van der Waals surface area contributed by atoms with Gasteiger partial charge in [0.25, 0.3) is 11.7 Å². The van der Waals surface area contributed by atoms with Gasteiger partial charge in [0.05, 0.1) is 17.3 Å². The molecule has 0 saturated heterocycles. The Balaban J connectivity index is 2.04. The molecule has 0 fully saturated rings. The van der Waals surface area contributed by atoms with Crippen LogP contribution in [0.5, 0.6) is 0 Å². The molecule has 3 rings (SSSR count). The van der Waals surface area contributed by atoms with Crippen LogP contribution >= 0.6 is 0 Å². The van der Waals surface area contributed by atoms with Crippen LogP contribution in [0, 0.1) is 25.5 Å². The number of hydrogen-bond acceptors (Lipinski definition) is 3. The van der Waals surface area contributed by atoms with E-state index in [4.69, 9.17) is 0 Å². The molecule has 0 aliphatic rings. The van der Waals surface area contributed by atoms with Crippen molar-refractivity contribution in [3.63, 3.8) is 0 Å². The lowest BCUT2D eigenvalue weighted by molar-refractivity contribution is -0.129. The van der Waals surface area contributed by atoms with Gasteiger partial charge in [0, 0.05) is 19.3 Å². The third kappa shape index (κ3) is 4.71. The Morgan fingerprint density at radius 3 is 2.29 bits per heavy atom. The summed E-state index contributed by atoms with van der Waals surface area (Å²) in [5.74, 6) is -2.19. The monoisotopic (exact) mass is 425 g/mol. The quantitative estimate of drug-likeness (QED) is 0.408. The molecule has 162 valence electrons. The number of aromatic nitrogens is 2. The molecule has 1 heterocycles. The van der Waals surface area contributed by atoms with Gasteiger partial charge in [-0.2, -0.15) is 5.10 Å². The molecule has 31 heavy (non-hydrogen) atoms. The molecule has 0 saturated carbocycles. The number of ketones is 1. The Hall–Kier alpha value is -3.35. The van der Waals surface area contributed by atoms with Crippen LogP contribution in [0.2, 0.25) is 0 Å². The van der Waals surface area contributed by atoms with Crippen LogP contribution in [0.15, 0.2) is 48.5 Å². The van der Waals surface area contributed by atoms with Crippen LogP contribution in [-0.4, -0.2) is 26.4 Å². The van der Waals surface area contributed by atoms with Crippen molar-refractivity contribution in [2.75, 3.05) is 0 Å². The van der Waals surface area contributed by atoms with Gasteiger partial charge in [-0.25, -0.2) is 8.78 Å². The average molecular weight is 425 g/mol. The fourth-order valence-electron chi connectivity index (χ4n) is 3.82. The number of benzene rings is 2. The maximum Gasteiger partial charge on any atom is 0.295 e. The fourth-order valence-corrected chi connectivity index (χ4v) is 3.82. The summed E-state index contributed by atoms with van der Waals surface area (Å²) < 4.78 is 28.8. The zero-order valence-corrected chi connectivity index (χ0v) is 18.0. The Labute approximate surface area is 180 Å². The fraction of sp³-hybridized carbons (Fsp3) is 0.292. The normalized spacial score (nSPS) is 11.9. The smallest absolute Gasteiger partial charge is 0.295 e. The molecule has 5 nitrogen and oxygen atoms in total. The highest BCUT2D eigenvalue weighted by Crippen LogP contribution is 2.28. The molecule has 0 radical (unpaired) electrons. The predicted octanol–water partition coefficient (Wildman–Crippen LogP) is 4.68. The summed E-state index contributed by atoms with van der Waals surface area (Å²) in [5, 5.41) is 4.24. The lowest BCUT2D eigenvalue weighted by atomic mass is 9.99. The second-order valence-electron chi connectivity index (χ2n) is 7.54. The molecule has 7 heteroatoms. The van der Waals surface area contributed by atoms with E-state index >= 15 is 0 Å². The molecular weight excluding hydrogens is 400 g/mol. The molecule has 0 aliphatic carbocycles. The van der Waals surface area contributed by atoms with E-state index in [1.54, 1.807) is 49.8 Å². The lowest BCUT2D eigenvalue weighted by Crippen LogP contribution is -2.39. The van der Waals surface area contributed by atoms with Crippen molar-refractivity contribution >= 4 is 11.7 Å². The van der Waals surface area contributed by atoms with E-state index in [9.17, 15) is 18.4 Å². The number of hydrogen-bond donors (Lipinski definition) is 0. The maximum absolute atomic E-state index is 13.8. The van der Waals surface area contributed by atoms with Gasteiger partial charge in [0.1, 0.15) is 11.6 Å². The number of Topliss-reactive ketones (excluding diaryl/α,β-unsaturated/α-hetero) is 1. The third-order valence-corrected chi connectivity index (χ3v) is 5.45. The summed E-state index contributed by atoms with van der Waals surface area (Å²) in [6.45, 7) is 5.33. The van der Waals surface area contributed by atoms with Crippen LogP contribution in [0.25, 0.3) is 0 Å². The van der Waals surface area contributed by atoms with Crippen molar-refractivity contribution in [2.45, 2.75) is 39.8 Å². The summed E-state index contributed by atoms with van der Waals surface area (Å²) >= 11 is 0. The number of rotatable bonds is 7. The van der Waals surface area contributed by atoms with E-state index in [1.165, 1.54) is 29.2 Å². The Morgan fingerprint density at radius 2 is 1.74 bits per heavy atom. The summed E-state index contributed by atoms with van der Waals surface area (Å²) in [7, 11) is 1.71. The molecular formula is C24H25F2N3O2. The van der Waals surface area contributed by atoms with E-state index in [2.05, 4.69) is 5.10 Å². The molecule has 0 spiro atoms. The number of aryl methyl sites for hydroxylation is 2. The number of halogens is 2. The minimum atomic E-state index is -0.709. The number of nitrogens with zero attached hydrogens (tertiary/aromatic N) is 3. The highest BCUT2D eigenvalue weighted by Gasteiger charge is 2.32. The molecule has 0 aliphatic heterocycles. The largest absolute Gasteiger partial charge is 0.324 e. The van der Waals surface area contributed by atoms with E-state index in [0.717, 1.165) is 0 Å². The molecule has 0 N–H and O–H groups in total. The van der Waals surface area contributed by atoms with E-state index in [-0.39, 0.29) is 17.9 Å². The zero-order valence-electron chi connectivity index (χ0n) is 18.0. The van der Waals surface area contributed by atoms with Crippen molar-refractivity contribution in [3.8, 4) is 0 Å². The second kappa shape index (κ2) is 9.20. The first-order chi connectivity index (χ1) is 14.7. The predicted molar refractivity (Wildman–Crippen MR) is 113 cm³/mol. The van der Waals surface area contributed by atoms with Crippen LogP contribution in [-0.2, 0) is 18.4 Å². The van der Waals surface area contributed by atoms with E-state index < -0.39 is 23.5 Å². The van der Waals surface area contributed by atoms with Crippen molar-refractivity contribution in [2.24, 2.45) is 7.05 Å². The number of amides is 1. The molecule has 1 atom stereocenters. The molecule has 2 aromatic carbocycles. The SMILES string of the molecule is CCC(c1ccc(F)cc1)N(Cc1cccc(F)c1)C(=O)C(=O)c1c(C)nn(C)c1C. The van der Waals surface area contributed by atoms with Crippen molar-refractivity contribution < 1.29 is 18.4 Å². The molecule has 1 aromatic heterocycles. The number of carbonyl (C=O) groups excluding carboxylic acids is 2. The molecule has 3 aromatic rings. The average Bonchev–Trinajstić information content (AvgIpc) is 2.99. The van der Waals surface area contributed by atoms with Crippen LogP contribution in [0.4, 0.5) is 8.78 Å². The summed E-state index contributed by atoms with van der Waals surface area (Å²) in [4.78, 5) is 28.1. The molecule has 0 bridgehead atoms. The zero-order chi connectivity index (χ0) is 22.7. The van der Waals surface area contributed by atoms with Gasteiger partial charge in [-0.1, -0.05) is 31.2 Å². The van der Waals surface area contributed by atoms with E-state index in [1.807, 2.05) is 6.92 Å². The Morgan fingerprint density at radius 1 is 1.06 bits per heavy atom. The first-order valence-corrected chi connectivity index (χ1v) is 10.1.